The van der Waals surface area contributed by atoms with Crippen molar-refractivity contribution in [2.75, 3.05) is 18.6 Å². The molecule has 0 spiro atoms. The highest BCUT2D eigenvalue weighted by Crippen LogP contribution is 2.39. The van der Waals surface area contributed by atoms with Gasteiger partial charge in [-0.1, -0.05) is 48.5 Å². The smallest absolute Gasteiger partial charge is 0.132 e. The normalized spacial score (nSPS) is 23.8. The maximum Gasteiger partial charge on any atom is 0.132 e. The van der Waals surface area contributed by atoms with Crippen molar-refractivity contribution >= 4 is 16.6 Å². The highest BCUT2D eigenvalue weighted by molar-refractivity contribution is 5.91. The third-order valence-corrected chi connectivity index (χ3v) is 5.14. The minimum atomic E-state index is -0.860. The first kappa shape index (κ1) is 16.1. The average molecular weight is 334 g/mol. The molecule has 1 N–H and O–H groups in total. The minimum absolute atomic E-state index is 0.190. The Hall–Kier alpha value is -2.43. The summed E-state index contributed by atoms with van der Waals surface area (Å²) in [6.07, 6.45) is 2.84. The van der Waals surface area contributed by atoms with Crippen LogP contribution in [0.4, 0.5) is 5.69 Å². The van der Waals surface area contributed by atoms with Crippen molar-refractivity contribution in [2.45, 2.75) is 24.7 Å². The van der Waals surface area contributed by atoms with E-state index < -0.39 is 5.60 Å². The van der Waals surface area contributed by atoms with Crippen LogP contribution in [0.1, 0.15) is 18.4 Å². The number of nitrogens with zero attached hydrogens (tertiary/aromatic N) is 2. The molecule has 2 aromatic carbocycles. The van der Waals surface area contributed by atoms with Crippen molar-refractivity contribution in [3.8, 4) is 0 Å². The summed E-state index contributed by atoms with van der Waals surface area (Å²) in [5.74, 6) is 0. The van der Waals surface area contributed by atoms with Gasteiger partial charge in [0.25, 0.3) is 0 Å². The van der Waals surface area contributed by atoms with Gasteiger partial charge in [-0.05, 0) is 24.1 Å². The van der Waals surface area contributed by atoms with Gasteiger partial charge in [0.15, 0.2) is 0 Å². The molecule has 128 valence electrons. The van der Waals surface area contributed by atoms with Crippen molar-refractivity contribution in [3.63, 3.8) is 0 Å². The molecule has 0 aliphatic carbocycles. The van der Waals surface area contributed by atoms with E-state index in [0.717, 1.165) is 28.7 Å². The Morgan fingerprint density at radius 3 is 2.64 bits per heavy atom. The summed E-state index contributed by atoms with van der Waals surface area (Å²) in [5, 5.41) is 12.3. The van der Waals surface area contributed by atoms with Crippen molar-refractivity contribution in [1.29, 1.82) is 0 Å². The molecule has 0 bridgehead atoms. The van der Waals surface area contributed by atoms with Crippen molar-refractivity contribution < 1.29 is 9.84 Å². The topological polar surface area (TPSA) is 45.6 Å². The first-order valence-electron chi connectivity index (χ1n) is 8.62. The predicted molar refractivity (Wildman–Crippen MR) is 99.5 cm³/mol. The van der Waals surface area contributed by atoms with E-state index in [4.69, 9.17) is 4.74 Å². The summed E-state index contributed by atoms with van der Waals surface area (Å²) in [5.41, 5.74) is 2.17. The Labute approximate surface area is 147 Å². The SMILES string of the molecule is COC1CC(O)(c2ccccc2)CCN1c1ccnc2ccccc12. The number of piperidine rings is 1. The number of aliphatic hydroxyl groups is 1. The van der Waals surface area contributed by atoms with Crippen LogP contribution in [0.25, 0.3) is 10.9 Å². The van der Waals surface area contributed by atoms with E-state index in [1.807, 2.05) is 60.8 Å². The van der Waals surface area contributed by atoms with Crippen molar-refractivity contribution in [3.05, 3.63) is 72.4 Å². The van der Waals surface area contributed by atoms with E-state index >= 15 is 0 Å². The third kappa shape index (κ3) is 2.88. The molecule has 2 unspecified atom stereocenters. The summed E-state index contributed by atoms with van der Waals surface area (Å²) < 4.78 is 5.77. The minimum Gasteiger partial charge on any atom is -0.385 e. The fourth-order valence-electron chi connectivity index (χ4n) is 3.78. The van der Waals surface area contributed by atoms with Gasteiger partial charge in [-0.2, -0.15) is 0 Å². The van der Waals surface area contributed by atoms with Crippen molar-refractivity contribution in [2.24, 2.45) is 0 Å². The number of para-hydroxylation sites is 1. The number of ether oxygens (including phenoxy) is 1. The Balaban J connectivity index is 1.69. The zero-order chi connectivity index (χ0) is 17.3. The first-order chi connectivity index (χ1) is 12.2. The van der Waals surface area contributed by atoms with E-state index in [9.17, 15) is 5.11 Å². The fourth-order valence-corrected chi connectivity index (χ4v) is 3.78. The average Bonchev–Trinajstić information content (AvgIpc) is 2.68. The lowest BCUT2D eigenvalue weighted by Crippen LogP contribution is -2.50. The Morgan fingerprint density at radius 2 is 1.84 bits per heavy atom. The maximum absolute atomic E-state index is 11.2. The molecular formula is C21H22N2O2. The second kappa shape index (κ2) is 6.47. The molecule has 1 aliphatic heterocycles. The van der Waals surface area contributed by atoms with Gasteiger partial charge in [0.1, 0.15) is 6.23 Å². The van der Waals surface area contributed by atoms with Gasteiger partial charge < -0.3 is 14.7 Å². The first-order valence-corrected chi connectivity index (χ1v) is 8.62. The number of rotatable bonds is 3. The molecule has 3 aromatic rings. The van der Waals surface area contributed by atoms with Gasteiger partial charge in [-0.25, -0.2) is 0 Å². The molecule has 25 heavy (non-hydrogen) atoms. The molecule has 1 aromatic heterocycles. The molecule has 2 atom stereocenters. The molecular weight excluding hydrogens is 312 g/mol. The van der Waals surface area contributed by atoms with E-state index in [1.54, 1.807) is 7.11 Å². The number of methoxy groups -OCH3 is 1. The summed E-state index contributed by atoms with van der Waals surface area (Å²) in [7, 11) is 1.71. The molecule has 2 heterocycles. The van der Waals surface area contributed by atoms with Gasteiger partial charge in [0.2, 0.25) is 0 Å². The monoisotopic (exact) mass is 334 g/mol. The number of anilines is 1. The molecule has 0 saturated carbocycles. The van der Waals surface area contributed by atoms with Crippen LogP contribution in [0.3, 0.4) is 0 Å². The molecule has 4 nitrogen and oxygen atoms in total. The number of benzene rings is 2. The van der Waals surface area contributed by atoms with Crippen molar-refractivity contribution in [1.82, 2.24) is 4.98 Å². The highest BCUT2D eigenvalue weighted by atomic mass is 16.5. The number of fused-ring (bicyclic) bond motifs is 1. The summed E-state index contributed by atoms with van der Waals surface area (Å²) in [4.78, 5) is 6.68. The van der Waals surface area contributed by atoms with Gasteiger partial charge in [-0.3, -0.25) is 4.98 Å². The molecule has 4 heteroatoms. The molecule has 1 aliphatic rings. The number of pyridine rings is 1. The van der Waals surface area contributed by atoms with Crippen LogP contribution >= 0.6 is 0 Å². The summed E-state index contributed by atoms with van der Waals surface area (Å²) in [6.45, 7) is 0.720. The van der Waals surface area contributed by atoms with Crippen LogP contribution in [0.2, 0.25) is 0 Å². The Morgan fingerprint density at radius 1 is 1.08 bits per heavy atom. The molecule has 1 fully saturated rings. The van der Waals surface area contributed by atoms with Gasteiger partial charge in [-0.15, -0.1) is 0 Å². The second-order valence-corrected chi connectivity index (χ2v) is 6.58. The van der Waals surface area contributed by atoms with Crippen LogP contribution in [0, 0.1) is 0 Å². The lowest BCUT2D eigenvalue weighted by molar-refractivity contribution is -0.0552. The van der Waals surface area contributed by atoms with Gasteiger partial charge in [0, 0.05) is 37.3 Å². The molecule has 0 radical (unpaired) electrons. The summed E-state index contributed by atoms with van der Waals surface area (Å²) >= 11 is 0. The lowest BCUT2D eigenvalue weighted by atomic mass is 9.83. The van der Waals surface area contributed by atoms with Crippen LogP contribution in [0.15, 0.2) is 66.9 Å². The van der Waals surface area contributed by atoms with E-state index in [2.05, 4.69) is 16.0 Å². The van der Waals surface area contributed by atoms with E-state index in [0.29, 0.717) is 12.8 Å². The van der Waals surface area contributed by atoms with Crippen LogP contribution in [0.5, 0.6) is 0 Å². The standard InChI is InChI=1S/C21H22N2O2/c1-25-20-15-21(24,16-7-3-2-4-8-16)12-14-23(20)19-11-13-22-18-10-6-5-9-17(18)19/h2-11,13,20,24H,12,14-15H2,1H3. The quantitative estimate of drug-likeness (QED) is 0.793. The largest absolute Gasteiger partial charge is 0.385 e. The van der Waals surface area contributed by atoms with Crippen LogP contribution < -0.4 is 4.90 Å². The highest BCUT2D eigenvalue weighted by Gasteiger charge is 2.40. The maximum atomic E-state index is 11.2. The zero-order valence-electron chi connectivity index (χ0n) is 14.3. The number of aromatic nitrogens is 1. The number of hydrogen-bond donors (Lipinski definition) is 1. The van der Waals surface area contributed by atoms with E-state index in [1.165, 1.54) is 0 Å². The van der Waals surface area contributed by atoms with Crippen LogP contribution in [-0.2, 0) is 10.3 Å². The Bertz CT molecular complexity index is 863. The third-order valence-electron chi connectivity index (χ3n) is 5.14. The van der Waals surface area contributed by atoms with Gasteiger partial charge >= 0.3 is 0 Å². The molecule has 4 rings (SSSR count). The fraction of sp³-hybridized carbons (Fsp3) is 0.286. The number of hydrogen-bond acceptors (Lipinski definition) is 4. The predicted octanol–water partition coefficient (Wildman–Crippen LogP) is 3.70. The van der Waals surface area contributed by atoms with Crippen LogP contribution in [-0.4, -0.2) is 30.0 Å². The summed E-state index contributed by atoms with van der Waals surface area (Å²) in [6, 6.07) is 20.1. The zero-order valence-corrected chi connectivity index (χ0v) is 14.3. The van der Waals surface area contributed by atoms with E-state index in [-0.39, 0.29) is 6.23 Å². The lowest BCUT2D eigenvalue weighted by Gasteiger charge is -2.44. The second-order valence-electron chi connectivity index (χ2n) is 6.58. The van der Waals surface area contributed by atoms with Gasteiger partial charge in [0.05, 0.1) is 11.1 Å². The molecule has 0 amide bonds. The Kier molecular flexibility index (Phi) is 4.15. The molecule has 1 saturated heterocycles.